The van der Waals surface area contributed by atoms with Gasteiger partial charge < -0.3 is 15.0 Å². The fraction of sp³-hybridized carbons (Fsp3) is 1.00. The summed E-state index contributed by atoms with van der Waals surface area (Å²) in [5.41, 5.74) is 0.738. The number of rotatable bonds is 6. The summed E-state index contributed by atoms with van der Waals surface area (Å²) in [7, 11) is 2.33. The van der Waals surface area contributed by atoms with E-state index in [1.165, 1.54) is 58.2 Å². The van der Waals surface area contributed by atoms with Gasteiger partial charge in [0.2, 0.25) is 0 Å². The Bertz CT molecular complexity index is 299. The Kier molecular flexibility index (Phi) is 6.10. The van der Waals surface area contributed by atoms with Crippen molar-refractivity contribution < 1.29 is 4.74 Å². The van der Waals surface area contributed by atoms with Crippen molar-refractivity contribution in [1.82, 2.24) is 10.2 Å². The maximum absolute atomic E-state index is 5.48. The fourth-order valence-corrected chi connectivity index (χ4v) is 3.98. The Labute approximate surface area is 131 Å². The van der Waals surface area contributed by atoms with E-state index in [-0.39, 0.29) is 5.54 Å². The third-order valence-electron chi connectivity index (χ3n) is 5.17. The van der Waals surface area contributed by atoms with Crippen molar-refractivity contribution in [3.63, 3.8) is 0 Å². The normalized spacial score (nSPS) is 23.9. The van der Waals surface area contributed by atoms with Gasteiger partial charge in [-0.25, -0.2) is 0 Å². The molecule has 124 valence electrons. The summed E-state index contributed by atoms with van der Waals surface area (Å²) in [6.45, 7) is 12.5. The fourth-order valence-electron chi connectivity index (χ4n) is 3.98. The summed E-state index contributed by atoms with van der Waals surface area (Å²) in [6, 6.07) is 0. The molecule has 0 aromatic rings. The van der Waals surface area contributed by atoms with Crippen molar-refractivity contribution in [3.8, 4) is 0 Å². The second kappa shape index (κ2) is 7.43. The zero-order valence-electron chi connectivity index (χ0n) is 14.7. The molecule has 2 aliphatic rings. The molecule has 2 rings (SSSR count). The standard InChI is InChI=1S/C18H36N2O/c1-17(2,3)19-14-18(9-5-6-10-18)15-20(4)13-16-7-11-21-12-8-16/h16,19H,5-15H2,1-4H3. The predicted molar refractivity (Wildman–Crippen MR) is 89.7 cm³/mol. The Hall–Kier alpha value is -0.120. The predicted octanol–water partition coefficient (Wildman–Crippen LogP) is 3.29. The molecule has 3 nitrogen and oxygen atoms in total. The molecule has 0 radical (unpaired) electrons. The molecule has 0 aromatic carbocycles. The van der Waals surface area contributed by atoms with Crippen LogP contribution in [0.1, 0.15) is 59.3 Å². The monoisotopic (exact) mass is 296 g/mol. The van der Waals surface area contributed by atoms with Crippen molar-refractivity contribution in [2.45, 2.75) is 64.8 Å². The Morgan fingerprint density at radius 3 is 2.33 bits per heavy atom. The highest BCUT2D eigenvalue weighted by Crippen LogP contribution is 2.38. The molecule has 0 atom stereocenters. The van der Waals surface area contributed by atoms with Gasteiger partial charge in [-0.15, -0.1) is 0 Å². The summed E-state index contributed by atoms with van der Waals surface area (Å²) >= 11 is 0. The summed E-state index contributed by atoms with van der Waals surface area (Å²) in [5.74, 6) is 0.845. The van der Waals surface area contributed by atoms with Gasteiger partial charge in [0.1, 0.15) is 0 Å². The molecule has 2 fully saturated rings. The summed E-state index contributed by atoms with van der Waals surface area (Å²) in [5, 5.41) is 3.77. The average Bonchev–Trinajstić information content (AvgIpc) is 2.86. The van der Waals surface area contributed by atoms with Crippen LogP contribution in [0.25, 0.3) is 0 Å². The Balaban J connectivity index is 1.83. The lowest BCUT2D eigenvalue weighted by atomic mass is 9.84. The maximum atomic E-state index is 5.48. The molecule has 0 amide bonds. The average molecular weight is 296 g/mol. The smallest absolute Gasteiger partial charge is 0.0469 e. The van der Waals surface area contributed by atoms with Crippen LogP contribution in [0.3, 0.4) is 0 Å². The van der Waals surface area contributed by atoms with Crippen LogP contribution < -0.4 is 5.32 Å². The van der Waals surface area contributed by atoms with Crippen molar-refractivity contribution in [2.24, 2.45) is 11.3 Å². The van der Waals surface area contributed by atoms with Gasteiger partial charge in [-0.1, -0.05) is 12.8 Å². The quantitative estimate of drug-likeness (QED) is 0.814. The van der Waals surface area contributed by atoms with Crippen LogP contribution in [0.5, 0.6) is 0 Å². The van der Waals surface area contributed by atoms with E-state index in [9.17, 15) is 0 Å². The van der Waals surface area contributed by atoms with Crippen molar-refractivity contribution in [3.05, 3.63) is 0 Å². The third-order valence-corrected chi connectivity index (χ3v) is 5.17. The molecule has 0 unspecified atom stereocenters. The number of nitrogens with one attached hydrogen (secondary N) is 1. The van der Waals surface area contributed by atoms with Gasteiger partial charge in [0.25, 0.3) is 0 Å². The van der Waals surface area contributed by atoms with Gasteiger partial charge in [0.15, 0.2) is 0 Å². The van der Waals surface area contributed by atoms with Crippen LogP contribution in [-0.2, 0) is 4.74 Å². The number of hydrogen-bond acceptors (Lipinski definition) is 3. The summed E-state index contributed by atoms with van der Waals surface area (Å²) < 4.78 is 5.48. The van der Waals surface area contributed by atoms with Crippen molar-refractivity contribution in [1.29, 1.82) is 0 Å². The number of ether oxygens (including phenoxy) is 1. The minimum Gasteiger partial charge on any atom is -0.381 e. The first-order valence-electron chi connectivity index (χ1n) is 8.90. The molecule has 0 spiro atoms. The molecular formula is C18H36N2O. The van der Waals surface area contributed by atoms with E-state index in [0.29, 0.717) is 5.41 Å². The van der Waals surface area contributed by atoms with Crippen LogP contribution in [0.2, 0.25) is 0 Å². The molecule has 1 saturated heterocycles. The zero-order valence-corrected chi connectivity index (χ0v) is 14.7. The van der Waals surface area contributed by atoms with Gasteiger partial charge in [-0.05, 0) is 64.8 Å². The largest absolute Gasteiger partial charge is 0.381 e. The minimum absolute atomic E-state index is 0.231. The molecule has 1 saturated carbocycles. The van der Waals surface area contributed by atoms with Gasteiger partial charge >= 0.3 is 0 Å². The number of hydrogen-bond donors (Lipinski definition) is 1. The lowest BCUT2D eigenvalue weighted by Crippen LogP contribution is -2.47. The van der Waals surface area contributed by atoms with Crippen LogP contribution in [0.4, 0.5) is 0 Å². The molecular weight excluding hydrogens is 260 g/mol. The van der Waals surface area contributed by atoms with E-state index in [2.05, 4.69) is 38.0 Å². The minimum atomic E-state index is 0.231. The van der Waals surface area contributed by atoms with Gasteiger partial charge in [0, 0.05) is 38.4 Å². The van der Waals surface area contributed by atoms with E-state index in [4.69, 9.17) is 4.74 Å². The highest BCUT2D eigenvalue weighted by atomic mass is 16.5. The van der Waals surface area contributed by atoms with Crippen LogP contribution in [0.15, 0.2) is 0 Å². The molecule has 1 heterocycles. The zero-order chi connectivity index (χ0) is 15.3. The third kappa shape index (κ3) is 5.88. The molecule has 3 heteroatoms. The van der Waals surface area contributed by atoms with Crippen LogP contribution >= 0.6 is 0 Å². The van der Waals surface area contributed by atoms with Crippen LogP contribution in [-0.4, -0.2) is 50.3 Å². The van der Waals surface area contributed by atoms with E-state index in [0.717, 1.165) is 19.1 Å². The Morgan fingerprint density at radius 2 is 1.76 bits per heavy atom. The van der Waals surface area contributed by atoms with Crippen molar-refractivity contribution in [2.75, 3.05) is 39.9 Å². The van der Waals surface area contributed by atoms with E-state index >= 15 is 0 Å². The molecule has 0 aromatic heterocycles. The van der Waals surface area contributed by atoms with Crippen molar-refractivity contribution >= 4 is 0 Å². The van der Waals surface area contributed by atoms with E-state index in [1.807, 2.05) is 0 Å². The number of nitrogens with zero attached hydrogens (tertiary/aromatic N) is 1. The van der Waals surface area contributed by atoms with Gasteiger partial charge in [-0.2, -0.15) is 0 Å². The molecule has 0 bridgehead atoms. The second-order valence-electron chi connectivity index (χ2n) is 8.56. The highest BCUT2D eigenvalue weighted by molar-refractivity contribution is 4.91. The van der Waals surface area contributed by atoms with Gasteiger partial charge in [-0.3, -0.25) is 0 Å². The SMILES string of the molecule is CN(CC1CCOCC1)CC1(CNC(C)(C)C)CCCC1. The lowest BCUT2D eigenvalue weighted by molar-refractivity contribution is 0.0490. The van der Waals surface area contributed by atoms with Crippen LogP contribution in [0, 0.1) is 11.3 Å². The first-order valence-corrected chi connectivity index (χ1v) is 8.90. The summed E-state index contributed by atoms with van der Waals surface area (Å²) in [6.07, 6.45) is 8.12. The maximum Gasteiger partial charge on any atom is 0.0469 e. The first kappa shape index (κ1) is 17.2. The van der Waals surface area contributed by atoms with E-state index < -0.39 is 0 Å². The molecule has 1 aliphatic heterocycles. The summed E-state index contributed by atoms with van der Waals surface area (Å²) in [4.78, 5) is 2.60. The topological polar surface area (TPSA) is 24.5 Å². The Morgan fingerprint density at radius 1 is 1.14 bits per heavy atom. The van der Waals surface area contributed by atoms with E-state index in [1.54, 1.807) is 0 Å². The first-order chi connectivity index (χ1) is 9.89. The second-order valence-corrected chi connectivity index (χ2v) is 8.56. The van der Waals surface area contributed by atoms with Gasteiger partial charge in [0.05, 0.1) is 0 Å². The molecule has 1 N–H and O–H groups in total. The molecule has 1 aliphatic carbocycles. The lowest BCUT2D eigenvalue weighted by Gasteiger charge is -2.38. The molecule has 21 heavy (non-hydrogen) atoms. The highest BCUT2D eigenvalue weighted by Gasteiger charge is 2.35.